The molecule has 0 bridgehead atoms. The Morgan fingerprint density at radius 3 is 2.42 bits per heavy atom. The smallest absolute Gasteiger partial charge is 0.225 e. The van der Waals surface area contributed by atoms with Crippen LogP contribution < -0.4 is 9.64 Å². The number of anilines is 1. The summed E-state index contributed by atoms with van der Waals surface area (Å²) in [6.45, 7) is 13.0. The molecule has 0 amide bonds. The molecule has 4 rings (SSSR count). The third-order valence-corrected chi connectivity index (χ3v) is 7.75. The van der Waals surface area contributed by atoms with E-state index in [2.05, 4.69) is 70.5 Å². The Morgan fingerprint density at radius 1 is 1.11 bits per heavy atom. The van der Waals surface area contributed by atoms with Crippen LogP contribution in [0, 0.1) is 11.8 Å². The molecule has 1 aliphatic heterocycles. The molecule has 0 spiro atoms. The van der Waals surface area contributed by atoms with Crippen LogP contribution in [-0.4, -0.2) is 59.4 Å². The van der Waals surface area contributed by atoms with Crippen LogP contribution in [0.3, 0.4) is 0 Å². The van der Waals surface area contributed by atoms with Gasteiger partial charge in [0.1, 0.15) is 5.75 Å². The van der Waals surface area contributed by atoms with E-state index >= 15 is 0 Å². The molecule has 2 heterocycles. The Bertz CT molecular complexity index is 995. The number of allylic oxidation sites excluding steroid dienone is 3. The van der Waals surface area contributed by atoms with E-state index in [4.69, 9.17) is 4.74 Å². The average molecular weight is 491 g/mol. The van der Waals surface area contributed by atoms with Crippen molar-refractivity contribution in [3.63, 3.8) is 0 Å². The number of aryl methyl sites for hydroxylation is 1. The summed E-state index contributed by atoms with van der Waals surface area (Å²) in [5.41, 5.74) is 5.05. The van der Waals surface area contributed by atoms with E-state index in [0.717, 1.165) is 76.5 Å². The highest BCUT2D eigenvalue weighted by atomic mass is 16.5. The van der Waals surface area contributed by atoms with Gasteiger partial charge in [-0.3, -0.25) is 0 Å². The van der Waals surface area contributed by atoms with Crippen LogP contribution in [0.4, 0.5) is 5.95 Å². The Balaban J connectivity index is 1.22. The van der Waals surface area contributed by atoms with Gasteiger partial charge in [-0.05, 0) is 80.2 Å². The van der Waals surface area contributed by atoms with Crippen molar-refractivity contribution in [2.75, 3.05) is 44.3 Å². The first-order valence-electron chi connectivity index (χ1n) is 13.6. The molecule has 2 aromatic rings. The highest BCUT2D eigenvalue weighted by Crippen LogP contribution is 2.35. The van der Waals surface area contributed by atoms with Crippen molar-refractivity contribution in [1.82, 2.24) is 14.9 Å². The minimum atomic E-state index is 0.177. The predicted molar refractivity (Wildman–Crippen MR) is 147 cm³/mol. The largest absolute Gasteiger partial charge is 0.493 e. The maximum atomic E-state index is 9.30. The minimum absolute atomic E-state index is 0.177. The van der Waals surface area contributed by atoms with Crippen molar-refractivity contribution < 1.29 is 9.84 Å². The summed E-state index contributed by atoms with van der Waals surface area (Å²) >= 11 is 0. The lowest BCUT2D eigenvalue weighted by Gasteiger charge is -2.32. The van der Waals surface area contributed by atoms with Crippen molar-refractivity contribution >= 4 is 11.5 Å². The van der Waals surface area contributed by atoms with E-state index < -0.39 is 0 Å². The van der Waals surface area contributed by atoms with Gasteiger partial charge in [-0.15, -0.1) is 0 Å². The van der Waals surface area contributed by atoms with Gasteiger partial charge in [-0.25, -0.2) is 9.97 Å². The van der Waals surface area contributed by atoms with Gasteiger partial charge in [-0.1, -0.05) is 31.7 Å². The number of benzene rings is 1. The molecule has 6 heteroatoms. The number of aliphatic hydroxyl groups is 1. The molecule has 6 nitrogen and oxygen atoms in total. The van der Waals surface area contributed by atoms with Crippen LogP contribution in [0.1, 0.15) is 57.1 Å². The number of aliphatic hydroxyl groups excluding tert-OH is 1. The van der Waals surface area contributed by atoms with Crippen molar-refractivity contribution in [1.29, 1.82) is 0 Å². The summed E-state index contributed by atoms with van der Waals surface area (Å²) in [6.07, 6.45) is 12.6. The van der Waals surface area contributed by atoms with E-state index in [0.29, 0.717) is 18.4 Å². The molecule has 0 saturated carbocycles. The van der Waals surface area contributed by atoms with E-state index in [1.165, 1.54) is 22.4 Å². The van der Waals surface area contributed by atoms with Gasteiger partial charge in [-0.2, -0.15) is 0 Å². The molecule has 1 aromatic carbocycles. The quantitative estimate of drug-likeness (QED) is 0.458. The zero-order valence-electron chi connectivity index (χ0n) is 22.0. The third-order valence-electron chi connectivity index (χ3n) is 7.75. The number of likely N-dealkylation sites (N-methyl/N-ethyl adjacent to an activating group) is 1. The van der Waals surface area contributed by atoms with Crippen molar-refractivity contribution in [2.45, 2.75) is 52.4 Å². The number of hydrogen-bond donors (Lipinski definition) is 1. The zero-order chi connectivity index (χ0) is 25.3. The highest BCUT2D eigenvalue weighted by molar-refractivity contribution is 5.67. The second-order valence-electron chi connectivity index (χ2n) is 10.0. The van der Waals surface area contributed by atoms with Gasteiger partial charge in [0.25, 0.3) is 0 Å². The summed E-state index contributed by atoms with van der Waals surface area (Å²) in [5.74, 6) is 2.83. The van der Waals surface area contributed by atoms with E-state index in [1.807, 2.05) is 12.4 Å². The van der Waals surface area contributed by atoms with E-state index in [1.54, 1.807) is 0 Å². The van der Waals surface area contributed by atoms with Gasteiger partial charge >= 0.3 is 0 Å². The average Bonchev–Trinajstić information content (AvgIpc) is 2.95. The number of rotatable bonds is 11. The molecule has 1 aliphatic carbocycles. The summed E-state index contributed by atoms with van der Waals surface area (Å²) < 4.78 is 6.16. The molecule has 194 valence electrons. The number of ether oxygens (including phenoxy) is 1. The highest BCUT2D eigenvalue weighted by Gasteiger charge is 2.23. The molecule has 1 fully saturated rings. The summed E-state index contributed by atoms with van der Waals surface area (Å²) in [7, 11) is 0. The third kappa shape index (κ3) is 6.67. The van der Waals surface area contributed by atoms with Crippen molar-refractivity contribution in [3.05, 3.63) is 66.1 Å². The molecule has 0 radical (unpaired) electrons. The molecular formula is C30H42N4O2. The summed E-state index contributed by atoms with van der Waals surface area (Å²) in [5, 5.41) is 9.30. The molecule has 1 atom stereocenters. The van der Waals surface area contributed by atoms with Gasteiger partial charge in [0.05, 0.1) is 13.2 Å². The zero-order valence-corrected chi connectivity index (χ0v) is 22.0. The standard InChI is InChI=1S/C30H42N4O2/c1-4-24-20-31-30(32-21-24)34-16-14-25(15-17-34)22-36-29-12-10-28(11-13-29)27-8-6-26(7-9-27)23(3)33(5-2)18-19-35/h8,10-13,20-21,25-26,35H,3-7,9,14-19,22H2,1-2H3. The maximum absolute atomic E-state index is 9.30. The first-order chi connectivity index (χ1) is 17.6. The predicted octanol–water partition coefficient (Wildman–Crippen LogP) is 5.35. The van der Waals surface area contributed by atoms with Crippen LogP contribution in [0.5, 0.6) is 5.75 Å². The molecule has 1 aromatic heterocycles. The van der Waals surface area contributed by atoms with Crippen LogP contribution in [0.25, 0.3) is 5.57 Å². The first kappa shape index (κ1) is 26.2. The lowest BCUT2D eigenvalue weighted by molar-refractivity contribution is 0.216. The fraction of sp³-hybridized carbons (Fsp3) is 0.533. The number of hydrogen-bond acceptors (Lipinski definition) is 6. The van der Waals surface area contributed by atoms with E-state index in [9.17, 15) is 5.11 Å². The monoisotopic (exact) mass is 490 g/mol. The molecular weight excluding hydrogens is 448 g/mol. The molecule has 36 heavy (non-hydrogen) atoms. The molecule has 1 N–H and O–H groups in total. The maximum Gasteiger partial charge on any atom is 0.225 e. The second-order valence-corrected chi connectivity index (χ2v) is 10.0. The lowest BCUT2D eigenvalue weighted by Crippen LogP contribution is -2.36. The first-order valence-corrected chi connectivity index (χ1v) is 13.6. The van der Waals surface area contributed by atoms with Gasteiger partial charge < -0.3 is 19.6 Å². The van der Waals surface area contributed by atoms with Crippen LogP contribution in [0.2, 0.25) is 0 Å². The summed E-state index contributed by atoms with van der Waals surface area (Å²) in [6, 6.07) is 8.61. The Labute approximate surface area is 216 Å². The Hall–Kier alpha value is -2.86. The molecule has 1 saturated heterocycles. The van der Waals surface area contributed by atoms with Gasteiger partial charge in [0, 0.05) is 50.2 Å². The van der Waals surface area contributed by atoms with Crippen molar-refractivity contribution in [2.24, 2.45) is 11.8 Å². The lowest BCUT2D eigenvalue weighted by atomic mass is 9.84. The molecule has 1 unspecified atom stereocenters. The SMILES string of the molecule is C=C(C1CC=C(c2ccc(OCC3CCN(c4ncc(CC)cn4)CC3)cc2)CC1)N(CC)CCO. The topological polar surface area (TPSA) is 61.7 Å². The van der Waals surface area contributed by atoms with E-state index in [-0.39, 0.29) is 6.61 Å². The molecule has 2 aliphatic rings. The van der Waals surface area contributed by atoms with Crippen LogP contribution in [0.15, 0.2) is 55.0 Å². The van der Waals surface area contributed by atoms with Gasteiger partial charge in [0.2, 0.25) is 5.95 Å². The Morgan fingerprint density at radius 2 is 1.83 bits per heavy atom. The fourth-order valence-electron chi connectivity index (χ4n) is 5.26. The number of aromatic nitrogens is 2. The second kappa shape index (κ2) is 12.9. The summed E-state index contributed by atoms with van der Waals surface area (Å²) in [4.78, 5) is 13.6. The van der Waals surface area contributed by atoms with Crippen LogP contribution in [-0.2, 0) is 6.42 Å². The normalized spacial score (nSPS) is 18.6. The van der Waals surface area contributed by atoms with Crippen molar-refractivity contribution in [3.8, 4) is 5.75 Å². The Kier molecular flexibility index (Phi) is 9.40. The number of piperidine rings is 1. The minimum Gasteiger partial charge on any atom is -0.493 e. The van der Waals surface area contributed by atoms with Gasteiger partial charge in [0.15, 0.2) is 0 Å². The fourth-order valence-corrected chi connectivity index (χ4v) is 5.26. The number of nitrogens with zero attached hydrogens (tertiary/aromatic N) is 4. The van der Waals surface area contributed by atoms with Crippen LogP contribution >= 0.6 is 0 Å².